The summed E-state index contributed by atoms with van der Waals surface area (Å²) in [6, 6.07) is 3.77. The van der Waals surface area contributed by atoms with E-state index in [1.54, 1.807) is 6.20 Å². The first-order chi connectivity index (χ1) is 8.53. The van der Waals surface area contributed by atoms with Gasteiger partial charge in [-0.25, -0.2) is 4.98 Å². The van der Waals surface area contributed by atoms with E-state index in [4.69, 9.17) is 5.73 Å². The molecule has 1 fully saturated rings. The molecule has 0 aliphatic heterocycles. The lowest BCUT2D eigenvalue weighted by Crippen LogP contribution is -2.26. The van der Waals surface area contributed by atoms with Crippen LogP contribution in [0.3, 0.4) is 0 Å². The van der Waals surface area contributed by atoms with Crippen molar-refractivity contribution in [3.8, 4) is 0 Å². The van der Waals surface area contributed by atoms with E-state index in [1.165, 1.54) is 6.42 Å². The summed E-state index contributed by atoms with van der Waals surface area (Å²) in [5.41, 5.74) is 5.95. The van der Waals surface area contributed by atoms with Crippen molar-refractivity contribution in [2.24, 2.45) is 11.8 Å². The van der Waals surface area contributed by atoms with Crippen LogP contribution in [0.15, 0.2) is 18.3 Å². The van der Waals surface area contributed by atoms with E-state index in [-0.39, 0.29) is 0 Å². The van der Waals surface area contributed by atoms with Crippen molar-refractivity contribution < 1.29 is 5.11 Å². The molecule has 0 bridgehead atoms. The van der Waals surface area contributed by atoms with E-state index in [1.807, 2.05) is 12.1 Å². The standard InChI is InChI=1S/C15H24N2O/c1-11(2)12-5-3-8-15(18,9-7-12)13-6-4-10-17-14(13)16/h4,6,10-12,18H,3,5,7-9H2,1-2H3,(H2,16,17). The predicted octanol–water partition coefficient (Wildman–Crippen LogP) is 3.09. The summed E-state index contributed by atoms with van der Waals surface area (Å²) in [6.07, 6.45) is 6.62. The Labute approximate surface area is 109 Å². The number of hydrogen-bond donors (Lipinski definition) is 2. The largest absolute Gasteiger partial charge is 0.385 e. The Morgan fingerprint density at radius 3 is 2.83 bits per heavy atom. The Morgan fingerprint density at radius 2 is 2.17 bits per heavy atom. The summed E-state index contributed by atoms with van der Waals surface area (Å²) in [7, 11) is 0. The van der Waals surface area contributed by atoms with Gasteiger partial charge in [0.15, 0.2) is 0 Å². The zero-order chi connectivity index (χ0) is 13.2. The fourth-order valence-corrected chi connectivity index (χ4v) is 3.10. The van der Waals surface area contributed by atoms with Crippen LogP contribution in [-0.2, 0) is 5.60 Å². The van der Waals surface area contributed by atoms with Crippen LogP contribution in [0.25, 0.3) is 0 Å². The number of aliphatic hydroxyl groups is 1. The molecule has 2 unspecified atom stereocenters. The minimum atomic E-state index is -0.776. The second kappa shape index (κ2) is 5.27. The summed E-state index contributed by atoms with van der Waals surface area (Å²) < 4.78 is 0. The first-order valence-electron chi connectivity index (χ1n) is 6.96. The quantitative estimate of drug-likeness (QED) is 0.791. The molecule has 0 saturated heterocycles. The molecule has 1 saturated carbocycles. The molecule has 0 aromatic carbocycles. The van der Waals surface area contributed by atoms with E-state index in [9.17, 15) is 5.11 Å². The van der Waals surface area contributed by atoms with Crippen molar-refractivity contribution in [3.63, 3.8) is 0 Å². The average Bonchev–Trinajstić information content (AvgIpc) is 2.52. The number of nitrogens with two attached hydrogens (primary N) is 1. The number of hydrogen-bond acceptors (Lipinski definition) is 3. The molecule has 0 amide bonds. The van der Waals surface area contributed by atoms with Crippen molar-refractivity contribution in [2.45, 2.75) is 51.6 Å². The molecule has 1 aromatic rings. The lowest BCUT2D eigenvalue weighted by atomic mass is 9.85. The molecule has 0 radical (unpaired) electrons. The Kier molecular flexibility index (Phi) is 3.91. The highest BCUT2D eigenvalue weighted by Gasteiger charge is 2.34. The van der Waals surface area contributed by atoms with E-state index in [0.717, 1.165) is 37.2 Å². The lowest BCUT2D eigenvalue weighted by molar-refractivity contribution is 0.0196. The predicted molar refractivity (Wildman–Crippen MR) is 74.0 cm³/mol. The maximum absolute atomic E-state index is 10.9. The number of anilines is 1. The van der Waals surface area contributed by atoms with Gasteiger partial charge in [0.2, 0.25) is 0 Å². The number of pyridine rings is 1. The fraction of sp³-hybridized carbons (Fsp3) is 0.667. The van der Waals surface area contributed by atoms with E-state index in [2.05, 4.69) is 18.8 Å². The minimum absolute atomic E-state index is 0.475. The van der Waals surface area contributed by atoms with Gasteiger partial charge < -0.3 is 10.8 Å². The second-order valence-electron chi connectivity index (χ2n) is 5.90. The molecule has 100 valence electrons. The third kappa shape index (κ3) is 2.66. The summed E-state index contributed by atoms with van der Waals surface area (Å²) in [5.74, 6) is 1.89. The molecule has 2 atom stereocenters. The van der Waals surface area contributed by atoms with Gasteiger partial charge in [-0.2, -0.15) is 0 Å². The zero-order valence-electron chi connectivity index (χ0n) is 11.4. The van der Waals surface area contributed by atoms with E-state index < -0.39 is 5.60 Å². The van der Waals surface area contributed by atoms with Gasteiger partial charge in [0.05, 0.1) is 5.60 Å². The van der Waals surface area contributed by atoms with Gasteiger partial charge in [0.1, 0.15) is 5.82 Å². The van der Waals surface area contributed by atoms with Gasteiger partial charge in [-0.1, -0.05) is 26.3 Å². The van der Waals surface area contributed by atoms with Gasteiger partial charge in [-0.3, -0.25) is 0 Å². The number of rotatable bonds is 2. The van der Waals surface area contributed by atoms with Crippen LogP contribution in [0.5, 0.6) is 0 Å². The molecule has 1 aliphatic carbocycles. The van der Waals surface area contributed by atoms with Crippen LogP contribution in [-0.4, -0.2) is 10.1 Å². The van der Waals surface area contributed by atoms with Gasteiger partial charge in [0, 0.05) is 11.8 Å². The Bertz CT molecular complexity index is 405. The van der Waals surface area contributed by atoms with Crippen molar-refractivity contribution in [1.82, 2.24) is 4.98 Å². The number of nitrogens with zero attached hydrogens (tertiary/aromatic N) is 1. The molecular weight excluding hydrogens is 224 g/mol. The maximum atomic E-state index is 10.9. The topological polar surface area (TPSA) is 59.1 Å². The first kappa shape index (κ1) is 13.3. The van der Waals surface area contributed by atoms with E-state index >= 15 is 0 Å². The zero-order valence-corrected chi connectivity index (χ0v) is 11.4. The molecule has 3 N–H and O–H groups in total. The van der Waals surface area contributed by atoms with Crippen LogP contribution < -0.4 is 5.73 Å². The van der Waals surface area contributed by atoms with Crippen LogP contribution in [0.4, 0.5) is 5.82 Å². The normalized spacial score (nSPS) is 29.2. The molecule has 1 aromatic heterocycles. The van der Waals surface area contributed by atoms with Crippen molar-refractivity contribution >= 4 is 5.82 Å². The molecule has 0 spiro atoms. The summed E-state index contributed by atoms with van der Waals surface area (Å²) >= 11 is 0. The Balaban J connectivity index is 2.19. The van der Waals surface area contributed by atoms with Crippen LogP contribution in [0.2, 0.25) is 0 Å². The monoisotopic (exact) mass is 248 g/mol. The van der Waals surface area contributed by atoms with Crippen LogP contribution in [0.1, 0.15) is 51.5 Å². The van der Waals surface area contributed by atoms with Crippen molar-refractivity contribution in [3.05, 3.63) is 23.9 Å². The molecule has 1 aliphatic rings. The summed E-state index contributed by atoms with van der Waals surface area (Å²) in [5, 5.41) is 10.9. The second-order valence-corrected chi connectivity index (χ2v) is 5.90. The molecule has 2 rings (SSSR count). The Morgan fingerprint density at radius 1 is 1.39 bits per heavy atom. The molecule has 1 heterocycles. The summed E-state index contributed by atoms with van der Waals surface area (Å²) in [6.45, 7) is 4.54. The molecule has 3 nitrogen and oxygen atoms in total. The van der Waals surface area contributed by atoms with Crippen LogP contribution >= 0.6 is 0 Å². The van der Waals surface area contributed by atoms with Gasteiger partial charge >= 0.3 is 0 Å². The molecule has 3 heteroatoms. The van der Waals surface area contributed by atoms with Gasteiger partial charge in [0.25, 0.3) is 0 Å². The highest BCUT2D eigenvalue weighted by Crippen LogP contribution is 2.41. The first-order valence-corrected chi connectivity index (χ1v) is 6.96. The Hall–Kier alpha value is -1.09. The summed E-state index contributed by atoms with van der Waals surface area (Å²) in [4.78, 5) is 4.10. The van der Waals surface area contributed by atoms with Gasteiger partial charge in [-0.15, -0.1) is 0 Å². The maximum Gasteiger partial charge on any atom is 0.129 e. The SMILES string of the molecule is CC(C)C1CCCC(O)(c2cccnc2N)CC1. The average molecular weight is 248 g/mol. The minimum Gasteiger partial charge on any atom is -0.385 e. The lowest BCUT2D eigenvalue weighted by Gasteiger charge is -2.28. The van der Waals surface area contributed by atoms with E-state index in [0.29, 0.717) is 11.7 Å². The van der Waals surface area contributed by atoms with Gasteiger partial charge in [-0.05, 0) is 43.6 Å². The highest BCUT2D eigenvalue weighted by atomic mass is 16.3. The number of nitrogen functional groups attached to an aromatic ring is 1. The smallest absolute Gasteiger partial charge is 0.129 e. The third-order valence-corrected chi connectivity index (χ3v) is 4.38. The van der Waals surface area contributed by atoms with Crippen molar-refractivity contribution in [1.29, 1.82) is 0 Å². The van der Waals surface area contributed by atoms with Crippen LogP contribution in [0, 0.1) is 11.8 Å². The molecule has 18 heavy (non-hydrogen) atoms. The molecular formula is C15H24N2O. The van der Waals surface area contributed by atoms with Crippen molar-refractivity contribution in [2.75, 3.05) is 5.73 Å². The number of aromatic nitrogens is 1. The fourth-order valence-electron chi connectivity index (χ4n) is 3.10. The third-order valence-electron chi connectivity index (χ3n) is 4.38. The highest BCUT2D eigenvalue weighted by molar-refractivity contribution is 5.42.